The van der Waals surface area contributed by atoms with Gasteiger partial charge in [0.05, 0.1) is 19.2 Å². The Bertz CT molecular complexity index is 545. The molecule has 0 saturated heterocycles. The van der Waals surface area contributed by atoms with Crippen LogP contribution in [0.25, 0.3) is 0 Å². The highest BCUT2D eigenvalue weighted by atomic mass is 16.5. The molecule has 0 spiro atoms. The van der Waals surface area contributed by atoms with Gasteiger partial charge in [0.15, 0.2) is 0 Å². The lowest BCUT2D eigenvalue weighted by molar-refractivity contribution is 0.0945. The average molecular weight is 245 g/mol. The maximum absolute atomic E-state index is 12.0. The Labute approximate surface area is 106 Å². The van der Waals surface area contributed by atoms with Crippen molar-refractivity contribution in [1.82, 2.24) is 5.32 Å². The minimum Gasteiger partial charge on any atom is -0.496 e. The van der Waals surface area contributed by atoms with E-state index in [9.17, 15) is 4.79 Å². The lowest BCUT2D eigenvalue weighted by Crippen LogP contribution is -2.23. The number of hydrogen-bond acceptors (Lipinski definition) is 3. The van der Waals surface area contributed by atoms with E-state index in [2.05, 4.69) is 5.32 Å². The van der Waals surface area contributed by atoms with Crippen LogP contribution in [0.2, 0.25) is 0 Å². The monoisotopic (exact) mass is 245 g/mol. The summed E-state index contributed by atoms with van der Waals surface area (Å²) in [7, 11) is 1.54. The van der Waals surface area contributed by atoms with Gasteiger partial charge in [-0.15, -0.1) is 0 Å². The second-order valence-corrected chi connectivity index (χ2v) is 3.90. The number of furan rings is 1. The van der Waals surface area contributed by atoms with Crippen LogP contribution < -0.4 is 10.1 Å². The fourth-order valence-electron chi connectivity index (χ4n) is 1.67. The molecule has 4 nitrogen and oxygen atoms in total. The summed E-state index contributed by atoms with van der Waals surface area (Å²) < 4.78 is 10.5. The van der Waals surface area contributed by atoms with Crippen molar-refractivity contribution in [1.29, 1.82) is 0 Å². The smallest absolute Gasteiger partial charge is 0.255 e. The van der Waals surface area contributed by atoms with Crippen LogP contribution in [0.5, 0.6) is 5.75 Å². The Kier molecular flexibility index (Phi) is 3.67. The summed E-state index contributed by atoms with van der Waals surface area (Å²) in [6.07, 6.45) is 0. The standard InChI is InChI=1S/C14H15NO3/c1-10-7-8-11(18-10)9-15-14(16)12-5-3-4-6-13(12)17-2/h3-8H,9H2,1-2H3,(H,15,16). The number of benzene rings is 1. The SMILES string of the molecule is COc1ccccc1C(=O)NCc1ccc(C)o1. The summed E-state index contributed by atoms with van der Waals surface area (Å²) in [5, 5.41) is 2.79. The molecule has 94 valence electrons. The van der Waals surface area contributed by atoms with Gasteiger partial charge in [0.1, 0.15) is 17.3 Å². The molecule has 18 heavy (non-hydrogen) atoms. The van der Waals surface area contributed by atoms with Gasteiger partial charge in [-0.2, -0.15) is 0 Å². The zero-order valence-electron chi connectivity index (χ0n) is 10.4. The first-order valence-corrected chi connectivity index (χ1v) is 5.67. The van der Waals surface area contributed by atoms with E-state index in [0.29, 0.717) is 17.9 Å². The number of carbonyl (C=O) groups is 1. The highest BCUT2D eigenvalue weighted by Gasteiger charge is 2.11. The molecule has 2 aromatic rings. The molecule has 0 bridgehead atoms. The molecule has 0 aliphatic carbocycles. The zero-order valence-corrected chi connectivity index (χ0v) is 10.4. The van der Waals surface area contributed by atoms with E-state index in [4.69, 9.17) is 9.15 Å². The van der Waals surface area contributed by atoms with Gasteiger partial charge in [-0.25, -0.2) is 0 Å². The van der Waals surface area contributed by atoms with Crippen LogP contribution in [-0.4, -0.2) is 13.0 Å². The van der Waals surface area contributed by atoms with Gasteiger partial charge >= 0.3 is 0 Å². The summed E-state index contributed by atoms with van der Waals surface area (Å²) in [4.78, 5) is 12.0. The van der Waals surface area contributed by atoms with Crippen molar-refractivity contribution in [2.45, 2.75) is 13.5 Å². The number of carbonyl (C=O) groups excluding carboxylic acids is 1. The van der Waals surface area contributed by atoms with Crippen LogP contribution in [0, 0.1) is 6.92 Å². The zero-order chi connectivity index (χ0) is 13.0. The average Bonchev–Trinajstić information content (AvgIpc) is 2.81. The van der Waals surface area contributed by atoms with Gasteiger partial charge in [0.25, 0.3) is 5.91 Å². The first kappa shape index (κ1) is 12.2. The number of aryl methyl sites for hydroxylation is 1. The summed E-state index contributed by atoms with van der Waals surface area (Å²) in [6, 6.07) is 10.8. The van der Waals surface area contributed by atoms with Crippen molar-refractivity contribution in [3.05, 3.63) is 53.5 Å². The van der Waals surface area contributed by atoms with Crippen molar-refractivity contribution in [2.24, 2.45) is 0 Å². The van der Waals surface area contributed by atoms with E-state index in [1.807, 2.05) is 25.1 Å². The number of hydrogen-bond donors (Lipinski definition) is 1. The molecule has 0 fully saturated rings. The van der Waals surface area contributed by atoms with Gasteiger partial charge in [0.2, 0.25) is 0 Å². The molecule has 4 heteroatoms. The van der Waals surface area contributed by atoms with E-state index in [1.165, 1.54) is 0 Å². The number of nitrogens with one attached hydrogen (secondary N) is 1. The number of ether oxygens (including phenoxy) is 1. The second-order valence-electron chi connectivity index (χ2n) is 3.90. The molecule has 0 unspecified atom stereocenters. The maximum atomic E-state index is 12.0. The first-order chi connectivity index (χ1) is 8.70. The number of amides is 1. The van der Waals surface area contributed by atoms with Crippen molar-refractivity contribution in [2.75, 3.05) is 7.11 Å². The normalized spacial score (nSPS) is 10.1. The highest BCUT2D eigenvalue weighted by molar-refractivity contribution is 5.96. The molecule has 1 aromatic heterocycles. The van der Waals surface area contributed by atoms with Gasteiger partial charge in [-0.05, 0) is 31.2 Å². The molecular formula is C14H15NO3. The predicted octanol–water partition coefficient (Wildman–Crippen LogP) is 2.53. The van der Waals surface area contributed by atoms with Crippen LogP contribution in [0.15, 0.2) is 40.8 Å². The van der Waals surface area contributed by atoms with E-state index < -0.39 is 0 Å². The molecule has 0 radical (unpaired) electrons. The summed E-state index contributed by atoms with van der Waals surface area (Å²) >= 11 is 0. The van der Waals surface area contributed by atoms with Crippen LogP contribution in [-0.2, 0) is 6.54 Å². The van der Waals surface area contributed by atoms with E-state index in [-0.39, 0.29) is 5.91 Å². The first-order valence-electron chi connectivity index (χ1n) is 5.67. The quantitative estimate of drug-likeness (QED) is 0.900. The maximum Gasteiger partial charge on any atom is 0.255 e. The van der Waals surface area contributed by atoms with Gasteiger partial charge in [-0.3, -0.25) is 4.79 Å². The van der Waals surface area contributed by atoms with E-state index in [0.717, 1.165) is 11.5 Å². The van der Waals surface area contributed by atoms with E-state index >= 15 is 0 Å². The summed E-state index contributed by atoms with van der Waals surface area (Å²) in [6.45, 7) is 2.23. The lowest BCUT2D eigenvalue weighted by atomic mass is 10.2. The van der Waals surface area contributed by atoms with Crippen LogP contribution in [0.4, 0.5) is 0 Å². The van der Waals surface area contributed by atoms with Crippen molar-refractivity contribution in [3.8, 4) is 5.75 Å². The molecule has 0 atom stereocenters. The van der Waals surface area contributed by atoms with Crippen molar-refractivity contribution in [3.63, 3.8) is 0 Å². The molecule has 0 aliphatic rings. The minimum atomic E-state index is -0.179. The molecule has 1 amide bonds. The minimum absolute atomic E-state index is 0.179. The van der Waals surface area contributed by atoms with Crippen LogP contribution in [0.3, 0.4) is 0 Å². The predicted molar refractivity (Wildman–Crippen MR) is 67.6 cm³/mol. The topological polar surface area (TPSA) is 51.5 Å². The molecule has 1 heterocycles. The Balaban J connectivity index is 2.03. The van der Waals surface area contributed by atoms with Gasteiger partial charge in [0, 0.05) is 0 Å². The molecule has 2 rings (SSSR count). The number of methoxy groups -OCH3 is 1. The third-order valence-corrected chi connectivity index (χ3v) is 2.57. The molecular weight excluding hydrogens is 230 g/mol. The van der Waals surface area contributed by atoms with Crippen molar-refractivity contribution < 1.29 is 13.9 Å². The number of rotatable bonds is 4. The highest BCUT2D eigenvalue weighted by Crippen LogP contribution is 2.17. The fourth-order valence-corrected chi connectivity index (χ4v) is 1.67. The van der Waals surface area contributed by atoms with Crippen molar-refractivity contribution >= 4 is 5.91 Å². The molecule has 0 aliphatic heterocycles. The summed E-state index contributed by atoms with van der Waals surface area (Å²) in [5.74, 6) is 1.94. The Morgan fingerprint density at radius 2 is 2.06 bits per heavy atom. The lowest BCUT2D eigenvalue weighted by Gasteiger charge is -2.07. The van der Waals surface area contributed by atoms with Crippen LogP contribution >= 0.6 is 0 Å². The van der Waals surface area contributed by atoms with Gasteiger partial charge < -0.3 is 14.5 Å². The summed E-state index contributed by atoms with van der Waals surface area (Å²) in [5.41, 5.74) is 0.517. The third kappa shape index (κ3) is 2.71. The Hall–Kier alpha value is -2.23. The Morgan fingerprint density at radius 3 is 2.72 bits per heavy atom. The second kappa shape index (κ2) is 5.40. The Morgan fingerprint density at radius 1 is 1.28 bits per heavy atom. The largest absolute Gasteiger partial charge is 0.496 e. The van der Waals surface area contributed by atoms with Gasteiger partial charge in [-0.1, -0.05) is 12.1 Å². The fraction of sp³-hybridized carbons (Fsp3) is 0.214. The molecule has 0 saturated carbocycles. The molecule has 1 aromatic carbocycles. The van der Waals surface area contributed by atoms with E-state index in [1.54, 1.807) is 25.3 Å². The van der Waals surface area contributed by atoms with Crippen LogP contribution in [0.1, 0.15) is 21.9 Å². The molecule has 1 N–H and O–H groups in total. The third-order valence-electron chi connectivity index (χ3n) is 2.57. The number of para-hydroxylation sites is 1.